The summed E-state index contributed by atoms with van der Waals surface area (Å²) in [7, 11) is -4.20. The molecule has 0 saturated carbocycles. The van der Waals surface area contributed by atoms with Crippen LogP contribution in [-0.2, 0) is 14.5 Å². The molecule has 12 heavy (non-hydrogen) atoms. The Balaban J connectivity index is 3.30. The maximum Gasteiger partial charge on any atom is 0.327 e. The van der Waals surface area contributed by atoms with Gasteiger partial charge in [-0.1, -0.05) is 22.6 Å². The van der Waals surface area contributed by atoms with E-state index in [4.69, 9.17) is 0 Å². The minimum Gasteiger partial charge on any atom is -0.191 e. The molecular formula is C7H7FO3S. The molecule has 0 aliphatic rings. The summed E-state index contributed by atoms with van der Waals surface area (Å²) < 4.78 is 36.1. The quantitative estimate of drug-likeness (QED) is 0.711. The van der Waals surface area contributed by atoms with E-state index in [9.17, 15) is 12.9 Å². The van der Waals surface area contributed by atoms with Gasteiger partial charge in [-0.05, 0) is 23.1 Å². The molecule has 5 heteroatoms. The Kier molecular flexibility index (Phi) is 2.44. The fourth-order valence-electron chi connectivity index (χ4n) is 0.871. The standard InChI is InChI=1S/C7H7FO3S/c1-6-4-2-3-5-7(6)12(9,10)11-8/h2-5H,1H3. The summed E-state index contributed by atoms with van der Waals surface area (Å²) in [6.07, 6.45) is 0. The van der Waals surface area contributed by atoms with Gasteiger partial charge in [0, 0.05) is 0 Å². The first-order chi connectivity index (χ1) is 5.58. The Morgan fingerprint density at radius 1 is 1.33 bits per heavy atom. The van der Waals surface area contributed by atoms with Crippen LogP contribution < -0.4 is 0 Å². The van der Waals surface area contributed by atoms with E-state index in [0.717, 1.165) is 0 Å². The van der Waals surface area contributed by atoms with Gasteiger partial charge in [-0.25, -0.2) is 0 Å². The van der Waals surface area contributed by atoms with Gasteiger partial charge in [0.25, 0.3) is 0 Å². The summed E-state index contributed by atoms with van der Waals surface area (Å²) in [5, 5.41) is 0. The van der Waals surface area contributed by atoms with Crippen molar-refractivity contribution in [1.29, 1.82) is 0 Å². The molecule has 66 valence electrons. The minimum absolute atomic E-state index is 0.146. The molecule has 0 aliphatic carbocycles. The van der Waals surface area contributed by atoms with Crippen molar-refractivity contribution in [2.45, 2.75) is 11.8 Å². The normalized spacial score (nSPS) is 11.5. The molecule has 1 aromatic carbocycles. The molecule has 0 saturated heterocycles. The third-order valence-electron chi connectivity index (χ3n) is 1.45. The zero-order valence-corrected chi connectivity index (χ0v) is 7.14. The van der Waals surface area contributed by atoms with Crippen LogP contribution in [0, 0.1) is 6.92 Å². The van der Waals surface area contributed by atoms with E-state index in [1.807, 2.05) is 0 Å². The average Bonchev–Trinajstić information content (AvgIpc) is 2.05. The predicted octanol–water partition coefficient (Wildman–Crippen LogP) is 1.58. The Hall–Kier alpha value is -0.940. The zero-order valence-electron chi connectivity index (χ0n) is 6.32. The topological polar surface area (TPSA) is 43.4 Å². The molecule has 0 fully saturated rings. The van der Waals surface area contributed by atoms with E-state index in [0.29, 0.717) is 5.56 Å². The molecular weight excluding hydrogens is 183 g/mol. The number of hydrogen-bond donors (Lipinski definition) is 0. The summed E-state index contributed by atoms with van der Waals surface area (Å²) >= 11 is 0. The lowest BCUT2D eigenvalue weighted by Gasteiger charge is -2.00. The maximum atomic E-state index is 11.5. The summed E-state index contributed by atoms with van der Waals surface area (Å²) in [6.45, 7) is 1.56. The van der Waals surface area contributed by atoms with Gasteiger partial charge in [-0.15, -0.1) is 0 Å². The van der Waals surface area contributed by atoms with Crippen molar-refractivity contribution in [3.8, 4) is 0 Å². The van der Waals surface area contributed by atoms with Gasteiger partial charge in [0.2, 0.25) is 0 Å². The van der Waals surface area contributed by atoms with Crippen molar-refractivity contribution in [3.05, 3.63) is 29.8 Å². The molecule has 0 heterocycles. The number of aryl methyl sites for hydroxylation is 1. The highest BCUT2D eigenvalue weighted by molar-refractivity contribution is 7.86. The van der Waals surface area contributed by atoms with Gasteiger partial charge in [-0.3, -0.25) is 0 Å². The molecule has 0 unspecified atom stereocenters. The Bertz CT molecular complexity index is 372. The van der Waals surface area contributed by atoms with Crippen LogP contribution >= 0.6 is 0 Å². The predicted molar refractivity (Wildman–Crippen MR) is 40.6 cm³/mol. The molecule has 3 nitrogen and oxygen atoms in total. The second kappa shape index (κ2) is 3.20. The Labute approximate surface area is 69.8 Å². The highest BCUT2D eigenvalue weighted by Crippen LogP contribution is 2.16. The largest absolute Gasteiger partial charge is 0.327 e. The van der Waals surface area contributed by atoms with Gasteiger partial charge in [-0.2, -0.15) is 8.42 Å². The van der Waals surface area contributed by atoms with Crippen LogP contribution in [0.4, 0.5) is 4.53 Å². The van der Waals surface area contributed by atoms with Crippen molar-refractivity contribution >= 4 is 10.1 Å². The van der Waals surface area contributed by atoms with E-state index in [1.54, 1.807) is 19.1 Å². The summed E-state index contributed by atoms with van der Waals surface area (Å²) in [5.74, 6) is 0. The fraction of sp³-hybridized carbons (Fsp3) is 0.143. The van der Waals surface area contributed by atoms with Crippen molar-refractivity contribution in [1.82, 2.24) is 0 Å². The molecule has 0 amide bonds. The Morgan fingerprint density at radius 3 is 2.42 bits per heavy atom. The van der Waals surface area contributed by atoms with Crippen LogP contribution in [0.2, 0.25) is 0 Å². The van der Waals surface area contributed by atoms with Crippen LogP contribution in [0.25, 0.3) is 0 Å². The van der Waals surface area contributed by atoms with Gasteiger partial charge in [0.1, 0.15) is 0 Å². The molecule has 1 rings (SSSR count). The molecule has 0 atom stereocenters. The summed E-state index contributed by atoms with van der Waals surface area (Å²) in [4.78, 5) is -0.146. The highest BCUT2D eigenvalue weighted by atomic mass is 32.2. The first-order valence-corrected chi connectivity index (χ1v) is 4.59. The molecule has 0 bridgehead atoms. The average molecular weight is 190 g/mol. The third-order valence-corrected chi connectivity index (χ3v) is 2.61. The first kappa shape index (κ1) is 9.15. The molecule has 0 N–H and O–H groups in total. The van der Waals surface area contributed by atoms with Crippen molar-refractivity contribution in [2.75, 3.05) is 0 Å². The fourth-order valence-corrected chi connectivity index (χ4v) is 1.65. The number of hydrogen-bond acceptors (Lipinski definition) is 3. The summed E-state index contributed by atoms with van der Waals surface area (Å²) in [5.41, 5.74) is 0.454. The van der Waals surface area contributed by atoms with Gasteiger partial charge in [0.05, 0.1) is 4.90 Å². The van der Waals surface area contributed by atoms with Gasteiger partial charge < -0.3 is 0 Å². The van der Waals surface area contributed by atoms with Crippen LogP contribution in [0.15, 0.2) is 29.2 Å². The first-order valence-electron chi connectivity index (χ1n) is 3.19. The third kappa shape index (κ3) is 1.62. The Morgan fingerprint density at radius 2 is 1.92 bits per heavy atom. The number of benzene rings is 1. The highest BCUT2D eigenvalue weighted by Gasteiger charge is 2.17. The lowest BCUT2D eigenvalue weighted by molar-refractivity contribution is 0.00280. The SMILES string of the molecule is Cc1ccccc1S(=O)(=O)OF. The van der Waals surface area contributed by atoms with Crippen molar-refractivity contribution in [2.24, 2.45) is 0 Å². The lowest BCUT2D eigenvalue weighted by Crippen LogP contribution is -2.02. The van der Waals surface area contributed by atoms with Crippen LogP contribution in [0.3, 0.4) is 0 Å². The molecule has 0 aliphatic heterocycles. The second-order valence-corrected chi connectivity index (χ2v) is 3.76. The van der Waals surface area contributed by atoms with E-state index < -0.39 is 10.1 Å². The minimum atomic E-state index is -4.20. The van der Waals surface area contributed by atoms with E-state index in [1.165, 1.54) is 12.1 Å². The lowest BCUT2D eigenvalue weighted by atomic mass is 10.2. The van der Waals surface area contributed by atoms with Crippen LogP contribution in [-0.4, -0.2) is 8.42 Å². The second-order valence-electron chi connectivity index (χ2n) is 2.28. The van der Waals surface area contributed by atoms with Gasteiger partial charge >= 0.3 is 10.1 Å². The van der Waals surface area contributed by atoms with Crippen molar-refractivity contribution < 1.29 is 17.3 Å². The van der Waals surface area contributed by atoms with E-state index in [2.05, 4.69) is 4.39 Å². The number of halogens is 1. The van der Waals surface area contributed by atoms with Crippen LogP contribution in [0.5, 0.6) is 0 Å². The summed E-state index contributed by atoms with van der Waals surface area (Å²) in [6, 6.07) is 6.00. The molecule has 0 aromatic heterocycles. The molecule has 0 spiro atoms. The van der Waals surface area contributed by atoms with E-state index >= 15 is 0 Å². The number of rotatable bonds is 2. The molecule has 1 aromatic rings. The molecule has 0 radical (unpaired) electrons. The van der Waals surface area contributed by atoms with Crippen molar-refractivity contribution in [3.63, 3.8) is 0 Å². The van der Waals surface area contributed by atoms with E-state index in [-0.39, 0.29) is 4.90 Å². The van der Waals surface area contributed by atoms with Crippen LogP contribution in [0.1, 0.15) is 5.56 Å². The van der Waals surface area contributed by atoms with Gasteiger partial charge in [0.15, 0.2) is 0 Å². The smallest absolute Gasteiger partial charge is 0.191 e. The monoisotopic (exact) mass is 190 g/mol. The zero-order chi connectivity index (χ0) is 9.19. The maximum absolute atomic E-state index is 11.5.